The highest BCUT2D eigenvalue weighted by Crippen LogP contribution is 2.33. The van der Waals surface area contributed by atoms with Gasteiger partial charge in [-0.2, -0.15) is 0 Å². The minimum atomic E-state index is -1.99. The van der Waals surface area contributed by atoms with Crippen LogP contribution in [0.4, 0.5) is 0 Å². The van der Waals surface area contributed by atoms with E-state index in [0.29, 0.717) is 12.8 Å². The van der Waals surface area contributed by atoms with Crippen LogP contribution in [0.25, 0.3) is 0 Å². The molecule has 109 heavy (non-hydrogen) atoms. The molecule has 3 aliphatic heterocycles. The van der Waals surface area contributed by atoms with Crippen LogP contribution in [0, 0.1) is 0 Å². The molecule has 17 atom stereocenters. The van der Waals surface area contributed by atoms with Gasteiger partial charge in [0.25, 0.3) is 0 Å². The van der Waals surface area contributed by atoms with Crippen LogP contribution in [-0.2, 0) is 33.2 Å². The van der Waals surface area contributed by atoms with Crippen molar-refractivity contribution in [2.24, 2.45) is 0 Å². The van der Waals surface area contributed by atoms with E-state index in [2.05, 4.69) is 104 Å². The Labute approximate surface area is 660 Å². The van der Waals surface area contributed by atoms with Crippen molar-refractivity contribution in [2.45, 2.75) is 439 Å². The number of nitrogens with one attached hydrogen (secondary N) is 1. The van der Waals surface area contributed by atoms with E-state index in [-0.39, 0.29) is 18.9 Å². The largest absolute Gasteiger partial charge is 0.394 e. The van der Waals surface area contributed by atoms with Crippen molar-refractivity contribution in [3.63, 3.8) is 0 Å². The highest BCUT2D eigenvalue weighted by atomic mass is 16.8. The molecule has 0 spiro atoms. The van der Waals surface area contributed by atoms with E-state index in [1.807, 2.05) is 6.08 Å². The lowest BCUT2D eigenvalue weighted by molar-refractivity contribution is -0.379. The molecule has 1 amide bonds. The Morgan fingerprint density at radius 2 is 0.642 bits per heavy atom. The van der Waals surface area contributed by atoms with Gasteiger partial charge in [-0.15, -0.1) is 0 Å². The Hall–Kier alpha value is -3.29. The molecule has 0 aromatic heterocycles. The van der Waals surface area contributed by atoms with E-state index in [1.165, 1.54) is 225 Å². The second-order valence-electron chi connectivity index (χ2n) is 31.0. The molecule has 0 saturated carbocycles. The molecule has 3 rings (SSSR count). The molecule has 19 nitrogen and oxygen atoms in total. The zero-order valence-electron chi connectivity index (χ0n) is 68.0. The highest BCUT2D eigenvalue weighted by molar-refractivity contribution is 5.76. The van der Waals surface area contributed by atoms with Crippen molar-refractivity contribution < 1.29 is 89.4 Å². The Morgan fingerprint density at radius 3 is 1.03 bits per heavy atom. The number of allylic oxidation sites excluding steroid dienone is 15. The Morgan fingerprint density at radius 1 is 0.339 bits per heavy atom. The molecule has 19 heteroatoms. The summed E-state index contributed by atoms with van der Waals surface area (Å²) in [6.45, 7) is 1.63. The van der Waals surface area contributed by atoms with Crippen LogP contribution >= 0.6 is 0 Å². The Kier molecular flexibility index (Phi) is 63.3. The number of rotatable bonds is 70. The first kappa shape index (κ1) is 99.9. The fraction of sp³-hybridized carbons (Fsp3) is 0.811. The molecule has 0 bridgehead atoms. The zero-order chi connectivity index (χ0) is 78.8. The van der Waals surface area contributed by atoms with E-state index in [4.69, 9.17) is 28.4 Å². The second-order valence-corrected chi connectivity index (χ2v) is 31.0. The monoisotopic (exact) mass is 1540 g/mol. The molecule has 3 saturated heterocycles. The van der Waals surface area contributed by atoms with Gasteiger partial charge in [0.2, 0.25) is 5.91 Å². The maximum Gasteiger partial charge on any atom is 0.220 e. The van der Waals surface area contributed by atoms with Gasteiger partial charge in [-0.1, -0.05) is 336 Å². The van der Waals surface area contributed by atoms with Crippen LogP contribution in [-0.4, -0.2) is 193 Å². The van der Waals surface area contributed by atoms with Gasteiger partial charge in [-0.25, -0.2) is 0 Å². The van der Waals surface area contributed by atoms with Crippen molar-refractivity contribution in [3.8, 4) is 0 Å². The third-order valence-electron chi connectivity index (χ3n) is 21.3. The van der Waals surface area contributed by atoms with Crippen molar-refractivity contribution in [2.75, 3.05) is 26.4 Å². The van der Waals surface area contributed by atoms with Gasteiger partial charge in [0.05, 0.1) is 38.6 Å². The summed E-state index contributed by atoms with van der Waals surface area (Å²) in [6, 6.07) is -1.00. The van der Waals surface area contributed by atoms with Crippen LogP contribution < -0.4 is 5.32 Å². The number of ether oxygens (including phenoxy) is 6. The first-order valence-electron chi connectivity index (χ1n) is 44.0. The van der Waals surface area contributed by atoms with Gasteiger partial charge in [0.1, 0.15) is 73.2 Å². The van der Waals surface area contributed by atoms with Crippen LogP contribution in [0.1, 0.15) is 335 Å². The summed E-state index contributed by atoms with van der Waals surface area (Å²) in [5.41, 5.74) is 0. The molecule has 0 aliphatic carbocycles. The Bertz CT molecular complexity index is 2340. The molecule has 0 aromatic carbocycles. The highest BCUT2D eigenvalue weighted by Gasteiger charge is 2.54. The number of carbonyl (C=O) groups excluding carboxylic acids is 1. The molecule has 17 unspecified atom stereocenters. The summed E-state index contributed by atoms with van der Waals surface area (Å²) < 4.78 is 34.5. The lowest BCUT2D eigenvalue weighted by atomic mass is 9.96. The molecule has 3 fully saturated rings. The number of hydrogen-bond acceptors (Lipinski definition) is 18. The number of amides is 1. The molecule has 3 heterocycles. The first-order chi connectivity index (χ1) is 53.3. The molecule has 12 N–H and O–H groups in total. The number of hydrogen-bond donors (Lipinski definition) is 12. The normalized spacial score (nSPS) is 25.8. The topological polar surface area (TPSA) is 307 Å². The Balaban J connectivity index is 1.31. The van der Waals surface area contributed by atoms with Crippen molar-refractivity contribution >= 4 is 5.91 Å². The summed E-state index contributed by atoms with van der Waals surface area (Å²) in [4.78, 5) is 13.5. The van der Waals surface area contributed by atoms with E-state index in [9.17, 15) is 61.0 Å². The zero-order valence-corrected chi connectivity index (χ0v) is 68.0. The standard InChI is InChI=1S/C90H159NO18/c1-3-5-7-9-11-13-15-17-19-21-23-25-27-28-29-30-31-32-33-34-35-36-37-38-39-40-41-42-43-44-46-48-50-52-54-56-58-60-62-64-66-68-78(96)91-73(74(95)67-65-63-61-59-57-55-53-51-49-47-45-26-24-22-20-18-16-14-12-10-8-6-4-2)72-104-88-84(102)81(99)86(76(70-93)106-88)109-90-85(103)82(100)87(77(71-94)107-90)108-89-83(101)80(98)79(97)75(69-92)105-89/h5,7,11,13,17,19,23,25,28-29,49,51,57,59,65,67,73-77,79-90,92-95,97-103H,3-4,6,8-10,12,14-16,18,20-22,24,26-27,30-48,50,52-56,58,60-64,66,68-72H2,1-2H3,(H,91,96)/b7-5-,13-11-,19-17-,25-23-,29-28-,51-49+,59-57+,67-65+. The number of carbonyl (C=O) groups is 1. The fourth-order valence-corrected chi connectivity index (χ4v) is 14.4. The van der Waals surface area contributed by atoms with Gasteiger partial charge in [0.15, 0.2) is 18.9 Å². The molecule has 3 aliphatic rings. The van der Waals surface area contributed by atoms with Gasteiger partial charge in [-0.05, 0) is 89.9 Å². The second kappa shape index (κ2) is 69.1. The summed E-state index contributed by atoms with van der Waals surface area (Å²) in [5.74, 6) is -0.285. The average Bonchev–Trinajstić information content (AvgIpc) is 0.760. The lowest BCUT2D eigenvalue weighted by Gasteiger charge is -2.48. The molecular formula is C90H159NO18. The summed E-state index contributed by atoms with van der Waals surface area (Å²) >= 11 is 0. The van der Waals surface area contributed by atoms with E-state index >= 15 is 0 Å². The van der Waals surface area contributed by atoms with Crippen LogP contribution in [0.15, 0.2) is 97.2 Å². The predicted octanol–water partition coefficient (Wildman–Crippen LogP) is 16.3. The number of aliphatic hydroxyl groups excluding tert-OH is 11. The van der Waals surface area contributed by atoms with Crippen LogP contribution in [0.3, 0.4) is 0 Å². The van der Waals surface area contributed by atoms with Crippen molar-refractivity contribution in [3.05, 3.63) is 97.2 Å². The van der Waals surface area contributed by atoms with Crippen LogP contribution in [0.2, 0.25) is 0 Å². The molecular weight excluding hydrogens is 1380 g/mol. The third kappa shape index (κ3) is 48.0. The summed E-state index contributed by atoms with van der Waals surface area (Å²) in [6.07, 6.45) is 68.5. The first-order valence-corrected chi connectivity index (χ1v) is 44.0. The van der Waals surface area contributed by atoms with Gasteiger partial charge in [0, 0.05) is 6.42 Å². The SMILES string of the molecule is CC/C=C\C/C=C\C/C=C\C/C=C\C/C=C\CCCCCCCCCCCCCCCCCCCCCCCCCCCC(=O)NC(COC1OC(CO)C(OC2OC(CO)C(OC3OC(CO)C(O)C(O)C3O)C(O)C2O)C(O)C1O)C(O)/C=C/CC/C=C/CC/C=C/CCCCCCCCCCCCCCC. The molecule has 0 radical (unpaired) electrons. The fourth-order valence-electron chi connectivity index (χ4n) is 14.4. The van der Waals surface area contributed by atoms with E-state index in [0.717, 1.165) is 77.0 Å². The van der Waals surface area contributed by atoms with E-state index < -0.39 is 124 Å². The van der Waals surface area contributed by atoms with Gasteiger partial charge < -0.3 is 89.9 Å². The van der Waals surface area contributed by atoms with Gasteiger partial charge >= 0.3 is 0 Å². The minimum Gasteiger partial charge on any atom is -0.394 e. The van der Waals surface area contributed by atoms with Crippen molar-refractivity contribution in [1.82, 2.24) is 5.32 Å². The third-order valence-corrected chi connectivity index (χ3v) is 21.3. The maximum atomic E-state index is 13.5. The average molecular weight is 1540 g/mol. The molecule has 0 aromatic rings. The summed E-state index contributed by atoms with van der Waals surface area (Å²) in [7, 11) is 0. The quantitative estimate of drug-likeness (QED) is 0.0199. The molecule has 632 valence electrons. The maximum absolute atomic E-state index is 13.5. The minimum absolute atomic E-state index is 0.232. The van der Waals surface area contributed by atoms with Crippen molar-refractivity contribution in [1.29, 1.82) is 0 Å². The predicted molar refractivity (Wildman–Crippen MR) is 438 cm³/mol. The lowest BCUT2D eigenvalue weighted by Crippen LogP contribution is -2.66. The van der Waals surface area contributed by atoms with Crippen LogP contribution in [0.5, 0.6) is 0 Å². The summed E-state index contributed by atoms with van der Waals surface area (Å²) in [5, 5.41) is 121. The number of aliphatic hydroxyl groups is 11. The van der Waals surface area contributed by atoms with E-state index in [1.54, 1.807) is 6.08 Å². The smallest absolute Gasteiger partial charge is 0.220 e. The van der Waals surface area contributed by atoms with Gasteiger partial charge in [-0.3, -0.25) is 4.79 Å². The number of unbranched alkanes of at least 4 members (excludes halogenated alkanes) is 40.